The topological polar surface area (TPSA) is 98.5 Å². The van der Waals surface area contributed by atoms with Crippen molar-refractivity contribution in [3.8, 4) is 5.75 Å². The van der Waals surface area contributed by atoms with Crippen LogP contribution in [-0.2, 0) is 9.84 Å². The van der Waals surface area contributed by atoms with Crippen molar-refractivity contribution in [2.75, 3.05) is 31.2 Å². The maximum absolute atomic E-state index is 12.8. The standard InChI is InChI=1S/C22H33ClN2O4S.CH2/c23-20-7-6-18(29-11-3-12-30(27,28)13-10-24)14-19(20)21(26)25-16-22-8-1-4-17(15-22)5-2-9-22;/h6-7,14,17H,1-5,8-13,15-16,24H2,(H,25,26);1H2. The van der Waals surface area contributed by atoms with Gasteiger partial charge >= 0.3 is 0 Å². The van der Waals surface area contributed by atoms with Crippen molar-refractivity contribution in [3.05, 3.63) is 36.2 Å². The molecule has 0 aromatic heterocycles. The molecule has 6 nitrogen and oxygen atoms in total. The Labute approximate surface area is 192 Å². The van der Waals surface area contributed by atoms with E-state index in [0.717, 1.165) is 5.92 Å². The fraction of sp³-hybridized carbons (Fsp3) is 0.652. The van der Waals surface area contributed by atoms with Gasteiger partial charge in [0.05, 0.1) is 28.7 Å². The number of benzene rings is 1. The average Bonchev–Trinajstić information content (AvgIpc) is 2.71. The van der Waals surface area contributed by atoms with Gasteiger partial charge in [0.2, 0.25) is 0 Å². The number of hydrogen-bond donors (Lipinski definition) is 2. The lowest BCUT2D eigenvalue weighted by molar-refractivity contribution is 0.0681. The minimum atomic E-state index is -3.13. The predicted octanol–water partition coefficient (Wildman–Crippen LogP) is 3.90. The highest BCUT2D eigenvalue weighted by Crippen LogP contribution is 2.48. The summed E-state index contributed by atoms with van der Waals surface area (Å²) in [6.07, 6.45) is 9.13. The zero-order chi connectivity index (χ0) is 21.6. The van der Waals surface area contributed by atoms with Crippen LogP contribution < -0.4 is 15.8 Å². The van der Waals surface area contributed by atoms with Crippen LogP contribution in [0.4, 0.5) is 0 Å². The molecule has 2 aliphatic rings. The summed E-state index contributed by atoms with van der Waals surface area (Å²) in [6.45, 7) is 1.07. The highest BCUT2D eigenvalue weighted by molar-refractivity contribution is 7.91. The Morgan fingerprint density at radius 1 is 1.23 bits per heavy atom. The Balaban J connectivity index is 0.00000341. The van der Waals surface area contributed by atoms with E-state index < -0.39 is 9.84 Å². The van der Waals surface area contributed by atoms with Gasteiger partial charge in [0, 0.05) is 13.1 Å². The van der Waals surface area contributed by atoms with Crippen LogP contribution in [0.1, 0.15) is 61.7 Å². The van der Waals surface area contributed by atoms with Crippen LogP contribution in [0, 0.1) is 18.8 Å². The van der Waals surface area contributed by atoms with E-state index in [-0.39, 0.29) is 43.4 Å². The number of ether oxygens (including phenoxy) is 1. The number of carbonyl (C=O) groups excluding carboxylic acids is 1. The molecule has 2 aliphatic carbocycles. The quantitative estimate of drug-likeness (QED) is 0.505. The van der Waals surface area contributed by atoms with Gasteiger partial charge in [0.15, 0.2) is 9.84 Å². The summed E-state index contributed by atoms with van der Waals surface area (Å²) < 4.78 is 29.1. The van der Waals surface area contributed by atoms with Crippen LogP contribution >= 0.6 is 11.6 Å². The molecule has 1 amide bonds. The lowest BCUT2D eigenvalue weighted by atomic mass is 9.62. The molecule has 0 unspecified atom stereocenters. The van der Waals surface area contributed by atoms with E-state index in [4.69, 9.17) is 22.1 Å². The van der Waals surface area contributed by atoms with Crippen molar-refractivity contribution >= 4 is 27.3 Å². The van der Waals surface area contributed by atoms with Crippen molar-refractivity contribution in [1.82, 2.24) is 5.32 Å². The average molecular weight is 471 g/mol. The number of fused-ring (bicyclic) bond motifs is 2. The Morgan fingerprint density at radius 3 is 2.61 bits per heavy atom. The van der Waals surface area contributed by atoms with Crippen molar-refractivity contribution < 1.29 is 17.9 Å². The number of rotatable bonds is 10. The Morgan fingerprint density at radius 2 is 1.94 bits per heavy atom. The first-order valence-corrected chi connectivity index (χ1v) is 13.1. The minimum absolute atomic E-state index is 0. The van der Waals surface area contributed by atoms with Gasteiger partial charge in [0.1, 0.15) is 5.75 Å². The third-order valence-corrected chi connectivity index (χ3v) is 8.56. The van der Waals surface area contributed by atoms with Crippen LogP contribution in [0.5, 0.6) is 5.75 Å². The highest BCUT2D eigenvalue weighted by atomic mass is 35.5. The molecule has 8 heteroatoms. The number of amides is 1. The van der Waals surface area contributed by atoms with Crippen molar-refractivity contribution in [2.45, 2.75) is 51.4 Å². The second-order valence-corrected chi connectivity index (χ2v) is 11.5. The minimum Gasteiger partial charge on any atom is -0.494 e. The molecule has 0 atom stereocenters. The van der Waals surface area contributed by atoms with E-state index in [1.54, 1.807) is 18.2 Å². The number of halogens is 1. The van der Waals surface area contributed by atoms with E-state index in [1.165, 1.54) is 44.9 Å². The molecular formula is C23H35ClN2O4S. The number of nitrogens with one attached hydrogen (secondary N) is 1. The Hall–Kier alpha value is -1.31. The van der Waals surface area contributed by atoms with E-state index >= 15 is 0 Å². The van der Waals surface area contributed by atoms with Gasteiger partial charge in [0.25, 0.3) is 5.91 Å². The molecule has 174 valence electrons. The Bertz CT molecular complexity index is 834. The first-order chi connectivity index (χ1) is 14.3. The van der Waals surface area contributed by atoms with E-state index in [9.17, 15) is 13.2 Å². The van der Waals surface area contributed by atoms with E-state index in [1.807, 2.05) is 0 Å². The smallest absolute Gasteiger partial charge is 0.252 e. The predicted molar refractivity (Wildman–Crippen MR) is 125 cm³/mol. The summed E-state index contributed by atoms with van der Waals surface area (Å²) in [6, 6.07) is 4.97. The zero-order valence-corrected chi connectivity index (χ0v) is 19.8. The summed E-state index contributed by atoms with van der Waals surface area (Å²) >= 11 is 6.26. The SMILES string of the molecule is NCCS(=O)(=O)CCCOc1ccc(Cl)c(C(=O)NCC23CCCC(CCC2)C3)c1.[CH2]. The third-order valence-electron chi connectivity index (χ3n) is 6.46. The zero-order valence-electron chi connectivity index (χ0n) is 18.2. The molecule has 2 bridgehead atoms. The van der Waals surface area contributed by atoms with Gasteiger partial charge in [-0.2, -0.15) is 0 Å². The molecule has 0 heterocycles. The van der Waals surface area contributed by atoms with Crippen LogP contribution in [0.15, 0.2) is 18.2 Å². The van der Waals surface area contributed by atoms with Crippen LogP contribution in [-0.4, -0.2) is 45.5 Å². The third kappa shape index (κ3) is 7.36. The van der Waals surface area contributed by atoms with Gasteiger partial charge in [-0.3, -0.25) is 4.79 Å². The molecule has 1 aromatic carbocycles. The molecule has 3 rings (SSSR count). The van der Waals surface area contributed by atoms with Crippen LogP contribution in [0.2, 0.25) is 5.02 Å². The summed E-state index contributed by atoms with van der Waals surface area (Å²) in [5, 5.41) is 3.50. The van der Waals surface area contributed by atoms with Crippen LogP contribution in [0.3, 0.4) is 0 Å². The van der Waals surface area contributed by atoms with Crippen molar-refractivity contribution in [1.29, 1.82) is 0 Å². The molecule has 1 aromatic rings. The van der Waals surface area contributed by atoms with Gasteiger partial charge < -0.3 is 15.8 Å². The maximum Gasteiger partial charge on any atom is 0.252 e. The van der Waals surface area contributed by atoms with Crippen molar-refractivity contribution in [3.63, 3.8) is 0 Å². The first-order valence-electron chi connectivity index (χ1n) is 10.9. The summed E-state index contributed by atoms with van der Waals surface area (Å²) in [4.78, 5) is 12.8. The fourth-order valence-electron chi connectivity index (χ4n) is 4.95. The van der Waals surface area contributed by atoms with Crippen LogP contribution in [0.25, 0.3) is 0 Å². The number of sulfone groups is 1. The molecule has 0 aliphatic heterocycles. The molecule has 0 spiro atoms. The maximum atomic E-state index is 12.8. The lowest BCUT2D eigenvalue weighted by Crippen LogP contribution is -2.43. The molecule has 0 saturated heterocycles. The van der Waals surface area contributed by atoms with Gasteiger partial charge in [-0.1, -0.05) is 44.7 Å². The summed E-state index contributed by atoms with van der Waals surface area (Å²) in [5.74, 6) is 1.17. The normalized spacial score (nSPS) is 23.0. The lowest BCUT2D eigenvalue weighted by Gasteiger charge is -2.45. The number of nitrogens with two attached hydrogens (primary N) is 1. The molecular weight excluding hydrogens is 436 g/mol. The van der Waals surface area contributed by atoms with Gasteiger partial charge in [-0.05, 0) is 55.2 Å². The van der Waals surface area contributed by atoms with Gasteiger partial charge in [-0.25, -0.2) is 8.42 Å². The summed E-state index contributed by atoms with van der Waals surface area (Å²) in [5.41, 5.74) is 5.94. The monoisotopic (exact) mass is 470 g/mol. The molecule has 2 radical (unpaired) electrons. The molecule has 2 saturated carbocycles. The molecule has 31 heavy (non-hydrogen) atoms. The Kier molecular flexibility index (Phi) is 9.65. The number of hydrogen-bond acceptors (Lipinski definition) is 5. The molecule has 3 N–H and O–H groups in total. The second kappa shape index (κ2) is 11.5. The van der Waals surface area contributed by atoms with E-state index in [2.05, 4.69) is 5.32 Å². The largest absolute Gasteiger partial charge is 0.494 e. The highest BCUT2D eigenvalue weighted by Gasteiger charge is 2.39. The van der Waals surface area contributed by atoms with Gasteiger partial charge in [-0.15, -0.1) is 0 Å². The molecule has 2 fully saturated rings. The second-order valence-electron chi connectivity index (χ2n) is 8.82. The van der Waals surface area contributed by atoms with E-state index in [0.29, 0.717) is 29.3 Å². The van der Waals surface area contributed by atoms with Crippen molar-refractivity contribution in [2.24, 2.45) is 17.1 Å². The summed E-state index contributed by atoms with van der Waals surface area (Å²) in [7, 11) is -3.13. The fourth-order valence-corrected chi connectivity index (χ4v) is 6.28. The first kappa shape index (κ1) is 25.9. The number of carbonyl (C=O) groups is 1.